The van der Waals surface area contributed by atoms with Gasteiger partial charge in [0, 0.05) is 24.6 Å². The van der Waals surface area contributed by atoms with E-state index >= 15 is 0 Å². The maximum Gasteiger partial charge on any atom is 0.257 e. The van der Waals surface area contributed by atoms with Gasteiger partial charge in [-0.3, -0.25) is 9.69 Å². The fourth-order valence-corrected chi connectivity index (χ4v) is 5.04. The van der Waals surface area contributed by atoms with Gasteiger partial charge >= 0.3 is 0 Å². The zero-order valence-corrected chi connectivity index (χ0v) is 19.1. The predicted octanol–water partition coefficient (Wildman–Crippen LogP) is 5.55. The number of hydrogen-bond acceptors (Lipinski definition) is 3. The van der Waals surface area contributed by atoms with Crippen LogP contribution in [0.5, 0.6) is 0 Å². The highest BCUT2D eigenvalue weighted by Crippen LogP contribution is 2.34. The zero-order chi connectivity index (χ0) is 22.7. The molecule has 4 rings (SSSR count). The van der Waals surface area contributed by atoms with Crippen molar-refractivity contribution in [3.05, 3.63) is 83.2 Å². The van der Waals surface area contributed by atoms with E-state index in [0.717, 1.165) is 35.2 Å². The lowest BCUT2D eigenvalue weighted by Gasteiger charge is -2.30. The first-order valence-corrected chi connectivity index (χ1v) is 11.5. The van der Waals surface area contributed by atoms with Crippen LogP contribution in [0, 0.1) is 19.7 Å². The Bertz CT molecular complexity index is 1030. The molecule has 32 heavy (non-hydrogen) atoms. The van der Waals surface area contributed by atoms with Crippen LogP contribution in [0.15, 0.2) is 60.2 Å². The summed E-state index contributed by atoms with van der Waals surface area (Å²) in [5, 5.41) is 6.39. The average Bonchev–Trinajstić information content (AvgIpc) is 3.44. The van der Waals surface area contributed by atoms with E-state index in [-0.39, 0.29) is 17.8 Å². The summed E-state index contributed by atoms with van der Waals surface area (Å²) in [5.74, 6) is -0.345. The van der Waals surface area contributed by atoms with Crippen molar-refractivity contribution >= 4 is 11.6 Å². The standard InChI is InChI=1S/C27H32FN3O/c1-4-14-30(23-10-5-6-11-23)18-27(32)31-26(21-8-7-9-22(28)16-21)17-25(29-31)24-13-12-19(2)15-20(24)3/h4,7-9,12-13,15-16,23,26H,1,5-6,10-11,14,17-18H2,2-3H3. The number of carbonyl (C=O) groups is 1. The van der Waals surface area contributed by atoms with E-state index in [9.17, 15) is 9.18 Å². The summed E-state index contributed by atoms with van der Waals surface area (Å²) in [7, 11) is 0. The fraction of sp³-hybridized carbons (Fsp3) is 0.407. The Morgan fingerprint density at radius 1 is 1.22 bits per heavy atom. The molecule has 0 radical (unpaired) electrons. The molecule has 0 spiro atoms. The molecule has 0 bridgehead atoms. The van der Waals surface area contributed by atoms with Crippen LogP contribution >= 0.6 is 0 Å². The van der Waals surface area contributed by atoms with Crippen molar-refractivity contribution in [3.63, 3.8) is 0 Å². The van der Waals surface area contributed by atoms with E-state index in [0.29, 0.717) is 25.6 Å². The van der Waals surface area contributed by atoms with Crippen molar-refractivity contribution in [3.8, 4) is 0 Å². The Labute approximate surface area is 190 Å². The molecule has 1 saturated carbocycles. The molecule has 5 heteroatoms. The topological polar surface area (TPSA) is 35.9 Å². The van der Waals surface area contributed by atoms with Crippen LogP contribution in [0.3, 0.4) is 0 Å². The van der Waals surface area contributed by atoms with Crippen LogP contribution in [0.1, 0.15) is 60.4 Å². The molecular weight excluding hydrogens is 401 g/mol. The van der Waals surface area contributed by atoms with Crippen LogP contribution in [0.25, 0.3) is 0 Å². The summed E-state index contributed by atoms with van der Waals surface area (Å²) >= 11 is 0. The van der Waals surface area contributed by atoms with Gasteiger partial charge in [-0.1, -0.05) is 54.8 Å². The molecule has 1 atom stereocenters. The third-order valence-electron chi connectivity index (χ3n) is 6.64. The molecule has 4 nitrogen and oxygen atoms in total. The third kappa shape index (κ3) is 4.83. The highest BCUT2D eigenvalue weighted by Gasteiger charge is 2.35. The van der Waals surface area contributed by atoms with Crippen molar-refractivity contribution in [2.75, 3.05) is 13.1 Å². The van der Waals surface area contributed by atoms with Gasteiger partial charge in [-0.15, -0.1) is 6.58 Å². The fourth-order valence-electron chi connectivity index (χ4n) is 5.04. The number of rotatable bonds is 7. The number of amides is 1. The van der Waals surface area contributed by atoms with Gasteiger partial charge in [-0.25, -0.2) is 9.40 Å². The van der Waals surface area contributed by atoms with E-state index in [4.69, 9.17) is 5.10 Å². The largest absolute Gasteiger partial charge is 0.288 e. The van der Waals surface area contributed by atoms with Crippen LogP contribution < -0.4 is 0 Å². The van der Waals surface area contributed by atoms with Gasteiger partial charge in [0.25, 0.3) is 5.91 Å². The van der Waals surface area contributed by atoms with E-state index in [1.165, 1.54) is 30.5 Å². The molecule has 2 aromatic carbocycles. The summed E-state index contributed by atoms with van der Waals surface area (Å²) in [5.41, 5.74) is 5.02. The van der Waals surface area contributed by atoms with Crippen molar-refractivity contribution in [1.29, 1.82) is 0 Å². The van der Waals surface area contributed by atoms with E-state index in [1.807, 2.05) is 12.1 Å². The minimum Gasteiger partial charge on any atom is -0.288 e. The molecule has 0 aromatic heterocycles. The molecule has 1 aliphatic carbocycles. The first-order chi connectivity index (χ1) is 15.5. The van der Waals surface area contributed by atoms with E-state index in [2.05, 4.69) is 43.5 Å². The van der Waals surface area contributed by atoms with Crippen molar-refractivity contribution in [2.24, 2.45) is 5.10 Å². The Morgan fingerprint density at radius 2 is 2.00 bits per heavy atom. The van der Waals surface area contributed by atoms with Crippen LogP contribution in [0.4, 0.5) is 4.39 Å². The number of hydrazone groups is 1. The minimum absolute atomic E-state index is 0.0484. The van der Waals surface area contributed by atoms with Crippen molar-refractivity contribution < 1.29 is 9.18 Å². The Balaban J connectivity index is 1.64. The minimum atomic E-state index is -0.303. The first kappa shape index (κ1) is 22.4. The molecule has 0 saturated heterocycles. The van der Waals surface area contributed by atoms with Crippen molar-refractivity contribution in [2.45, 2.75) is 58.0 Å². The molecule has 1 heterocycles. The highest BCUT2D eigenvalue weighted by atomic mass is 19.1. The summed E-state index contributed by atoms with van der Waals surface area (Å²) in [6, 6.07) is 12.9. The quantitative estimate of drug-likeness (QED) is 0.537. The summed E-state index contributed by atoms with van der Waals surface area (Å²) in [6.45, 7) is 9.00. The monoisotopic (exact) mass is 433 g/mol. The van der Waals surface area contributed by atoms with Gasteiger partial charge in [0.1, 0.15) is 5.82 Å². The van der Waals surface area contributed by atoms with Crippen LogP contribution in [-0.2, 0) is 4.79 Å². The van der Waals surface area contributed by atoms with Gasteiger partial charge in [0.2, 0.25) is 0 Å². The molecule has 1 amide bonds. The molecule has 2 aliphatic rings. The second kappa shape index (κ2) is 9.78. The zero-order valence-electron chi connectivity index (χ0n) is 19.1. The van der Waals surface area contributed by atoms with Gasteiger partial charge in [0.05, 0.1) is 18.3 Å². The summed E-state index contributed by atoms with van der Waals surface area (Å²) < 4.78 is 14.0. The molecule has 168 valence electrons. The Hall–Kier alpha value is -2.79. The third-order valence-corrected chi connectivity index (χ3v) is 6.64. The van der Waals surface area contributed by atoms with Gasteiger partial charge < -0.3 is 0 Å². The average molecular weight is 434 g/mol. The SMILES string of the molecule is C=CCN(CC(=O)N1N=C(c2ccc(C)cc2C)CC1c1cccc(F)c1)C1CCCC1. The molecule has 1 aliphatic heterocycles. The maximum atomic E-state index is 14.0. The second-order valence-corrected chi connectivity index (χ2v) is 9.03. The first-order valence-electron chi connectivity index (χ1n) is 11.5. The number of aryl methyl sites for hydroxylation is 2. The van der Waals surface area contributed by atoms with E-state index < -0.39 is 0 Å². The Kier molecular flexibility index (Phi) is 6.85. The highest BCUT2D eigenvalue weighted by molar-refractivity contribution is 6.04. The van der Waals surface area contributed by atoms with Gasteiger partial charge in [0.15, 0.2) is 0 Å². The Morgan fingerprint density at radius 3 is 2.69 bits per heavy atom. The summed E-state index contributed by atoms with van der Waals surface area (Å²) in [6.07, 6.45) is 7.08. The number of benzene rings is 2. The van der Waals surface area contributed by atoms with Gasteiger partial charge in [-0.2, -0.15) is 5.10 Å². The van der Waals surface area contributed by atoms with Crippen LogP contribution in [-0.4, -0.2) is 40.7 Å². The molecule has 1 unspecified atom stereocenters. The number of nitrogens with zero attached hydrogens (tertiary/aromatic N) is 3. The molecular formula is C27H32FN3O. The lowest BCUT2D eigenvalue weighted by atomic mass is 9.95. The van der Waals surface area contributed by atoms with E-state index in [1.54, 1.807) is 11.1 Å². The molecule has 1 fully saturated rings. The molecule has 0 N–H and O–H groups in total. The lowest BCUT2D eigenvalue weighted by Crippen LogP contribution is -2.42. The molecule has 2 aromatic rings. The number of carbonyl (C=O) groups excluding carboxylic acids is 1. The normalized spacial score (nSPS) is 18.9. The second-order valence-electron chi connectivity index (χ2n) is 9.03. The van der Waals surface area contributed by atoms with Crippen LogP contribution in [0.2, 0.25) is 0 Å². The van der Waals surface area contributed by atoms with Gasteiger partial charge in [-0.05, 0) is 49.9 Å². The summed E-state index contributed by atoms with van der Waals surface area (Å²) in [4.78, 5) is 15.7. The maximum absolute atomic E-state index is 14.0. The number of halogens is 1. The predicted molar refractivity (Wildman–Crippen MR) is 127 cm³/mol. The van der Waals surface area contributed by atoms with Crippen molar-refractivity contribution in [1.82, 2.24) is 9.91 Å². The lowest BCUT2D eigenvalue weighted by molar-refractivity contribution is -0.134. The number of hydrogen-bond donors (Lipinski definition) is 0. The smallest absolute Gasteiger partial charge is 0.257 e.